The maximum Gasteiger partial charge on any atom is 0.315 e. The van der Waals surface area contributed by atoms with Crippen LogP contribution < -0.4 is 0 Å². The number of aryl methyl sites for hydroxylation is 1. The van der Waals surface area contributed by atoms with Gasteiger partial charge in [-0.25, -0.2) is 4.99 Å². The normalized spacial score (nSPS) is 11.2. The highest BCUT2D eigenvalue weighted by Crippen LogP contribution is 2.14. The van der Waals surface area contributed by atoms with E-state index in [-0.39, 0.29) is 12.4 Å². The zero-order valence-electron chi connectivity index (χ0n) is 11.1. The summed E-state index contributed by atoms with van der Waals surface area (Å²) < 4.78 is 10.2. The maximum atomic E-state index is 11.4. The molecule has 0 spiro atoms. The lowest BCUT2D eigenvalue weighted by Gasteiger charge is -2.07. The molecular weight excluding hydrogens is 230 g/mol. The Morgan fingerprint density at radius 1 is 1.11 bits per heavy atom. The highest BCUT2D eigenvalue weighted by atomic mass is 16.5. The van der Waals surface area contributed by atoms with Gasteiger partial charge in [0, 0.05) is 0 Å². The van der Waals surface area contributed by atoms with Crippen LogP contribution in [0.25, 0.3) is 0 Å². The van der Waals surface area contributed by atoms with Gasteiger partial charge in [-0.3, -0.25) is 4.79 Å². The first kappa shape index (κ1) is 14.2. The van der Waals surface area contributed by atoms with Crippen LogP contribution in [-0.4, -0.2) is 25.1 Å². The fourth-order valence-corrected chi connectivity index (χ4v) is 1.39. The largest absolute Gasteiger partial charge is 0.481 e. The second-order valence-electron chi connectivity index (χ2n) is 3.76. The van der Waals surface area contributed by atoms with Gasteiger partial charge in [-0.2, -0.15) is 0 Å². The summed E-state index contributed by atoms with van der Waals surface area (Å²) in [6.45, 7) is 6.48. The zero-order chi connectivity index (χ0) is 13.4. The molecule has 1 rings (SSSR count). The molecule has 0 aliphatic rings. The third-order valence-electron chi connectivity index (χ3n) is 2.20. The van der Waals surface area contributed by atoms with Crippen LogP contribution in [0.5, 0.6) is 0 Å². The molecule has 0 saturated heterocycles. The lowest BCUT2D eigenvalue weighted by atomic mass is 10.2. The van der Waals surface area contributed by atoms with Gasteiger partial charge in [-0.15, -0.1) is 0 Å². The van der Waals surface area contributed by atoms with E-state index in [2.05, 4.69) is 4.99 Å². The summed E-state index contributed by atoms with van der Waals surface area (Å²) in [4.78, 5) is 15.7. The smallest absolute Gasteiger partial charge is 0.315 e. The van der Waals surface area contributed by atoms with Gasteiger partial charge < -0.3 is 9.47 Å². The monoisotopic (exact) mass is 249 g/mol. The molecule has 0 atom stereocenters. The van der Waals surface area contributed by atoms with Crippen molar-refractivity contribution in [3.63, 3.8) is 0 Å². The Kier molecular flexibility index (Phi) is 5.91. The fraction of sp³-hybridized carbons (Fsp3) is 0.429. The molecule has 0 saturated carbocycles. The van der Waals surface area contributed by atoms with Crippen LogP contribution in [0.15, 0.2) is 29.3 Å². The molecule has 0 N–H and O–H groups in total. The molecule has 1 aromatic rings. The maximum absolute atomic E-state index is 11.4. The average Bonchev–Trinajstić information content (AvgIpc) is 2.32. The van der Waals surface area contributed by atoms with Gasteiger partial charge in [0.25, 0.3) is 0 Å². The van der Waals surface area contributed by atoms with Crippen molar-refractivity contribution in [2.45, 2.75) is 27.2 Å². The summed E-state index contributed by atoms with van der Waals surface area (Å²) in [5.41, 5.74) is 1.94. The van der Waals surface area contributed by atoms with Gasteiger partial charge in [0.05, 0.1) is 18.9 Å². The van der Waals surface area contributed by atoms with Crippen LogP contribution in [0.4, 0.5) is 5.69 Å². The van der Waals surface area contributed by atoms with Crippen molar-refractivity contribution >= 4 is 17.6 Å². The molecule has 0 aromatic heterocycles. The highest BCUT2D eigenvalue weighted by molar-refractivity contribution is 5.95. The number of nitrogens with zero attached hydrogens (tertiary/aromatic N) is 1. The minimum absolute atomic E-state index is 0.0650. The lowest BCUT2D eigenvalue weighted by Crippen LogP contribution is -2.14. The Bertz CT molecular complexity index is 410. The fourth-order valence-electron chi connectivity index (χ4n) is 1.39. The lowest BCUT2D eigenvalue weighted by molar-refractivity contribution is -0.141. The Hall–Kier alpha value is -1.84. The molecule has 0 unspecified atom stereocenters. The summed E-state index contributed by atoms with van der Waals surface area (Å²) in [5, 5.41) is 0. The molecule has 18 heavy (non-hydrogen) atoms. The minimum Gasteiger partial charge on any atom is -0.481 e. The number of esters is 1. The number of carbonyl (C=O) groups is 1. The second kappa shape index (κ2) is 7.48. The predicted molar refractivity (Wildman–Crippen MR) is 71.2 cm³/mol. The number of hydrogen-bond acceptors (Lipinski definition) is 4. The van der Waals surface area contributed by atoms with Crippen LogP contribution >= 0.6 is 0 Å². The van der Waals surface area contributed by atoms with E-state index in [0.717, 1.165) is 11.3 Å². The third-order valence-corrected chi connectivity index (χ3v) is 2.20. The van der Waals surface area contributed by atoms with Crippen molar-refractivity contribution < 1.29 is 14.3 Å². The number of hydrogen-bond donors (Lipinski definition) is 0. The van der Waals surface area contributed by atoms with Gasteiger partial charge in [0.1, 0.15) is 6.42 Å². The standard InChI is InChI=1S/C14H19NO3/c1-4-17-13(10-14(16)18-5-2)15-12-8-6-11(3)7-9-12/h6-9H,4-5,10H2,1-3H3. The van der Waals surface area contributed by atoms with Gasteiger partial charge >= 0.3 is 5.97 Å². The highest BCUT2D eigenvalue weighted by Gasteiger charge is 2.09. The van der Waals surface area contributed by atoms with E-state index >= 15 is 0 Å². The Balaban J connectivity index is 2.76. The molecule has 0 bridgehead atoms. The first-order valence-electron chi connectivity index (χ1n) is 6.08. The van der Waals surface area contributed by atoms with Crippen molar-refractivity contribution in [2.75, 3.05) is 13.2 Å². The molecule has 4 nitrogen and oxygen atoms in total. The van der Waals surface area contributed by atoms with Crippen molar-refractivity contribution in [3.05, 3.63) is 29.8 Å². The van der Waals surface area contributed by atoms with Crippen molar-refractivity contribution in [1.29, 1.82) is 0 Å². The van der Waals surface area contributed by atoms with Gasteiger partial charge in [-0.1, -0.05) is 17.7 Å². The number of benzene rings is 1. The van der Waals surface area contributed by atoms with E-state index in [1.807, 2.05) is 38.1 Å². The predicted octanol–water partition coefficient (Wildman–Crippen LogP) is 3.01. The third kappa shape index (κ3) is 4.99. The topological polar surface area (TPSA) is 47.9 Å². The molecule has 0 radical (unpaired) electrons. The molecular formula is C14H19NO3. The quantitative estimate of drug-likeness (QED) is 0.458. The Labute approximate surface area is 108 Å². The van der Waals surface area contributed by atoms with E-state index in [4.69, 9.17) is 9.47 Å². The molecule has 0 fully saturated rings. The molecule has 1 aromatic carbocycles. The molecule has 98 valence electrons. The number of carbonyl (C=O) groups excluding carboxylic acids is 1. The number of ether oxygens (including phenoxy) is 2. The summed E-state index contributed by atoms with van der Waals surface area (Å²) >= 11 is 0. The minimum atomic E-state index is -0.322. The summed E-state index contributed by atoms with van der Waals surface area (Å²) in [5.74, 6) is 0.0663. The molecule has 4 heteroatoms. The Morgan fingerprint density at radius 2 is 1.72 bits per heavy atom. The van der Waals surface area contributed by atoms with Crippen molar-refractivity contribution in [2.24, 2.45) is 4.99 Å². The molecule has 0 heterocycles. The number of aliphatic imine (C=N–C) groups is 1. The molecule has 0 aliphatic carbocycles. The molecule has 0 amide bonds. The van der Waals surface area contributed by atoms with E-state index in [0.29, 0.717) is 19.1 Å². The van der Waals surface area contributed by atoms with Crippen LogP contribution in [0.2, 0.25) is 0 Å². The first-order valence-corrected chi connectivity index (χ1v) is 6.08. The van der Waals surface area contributed by atoms with Crippen molar-refractivity contribution in [1.82, 2.24) is 0 Å². The Morgan fingerprint density at radius 3 is 2.28 bits per heavy atom. The first-order chi connectivity index (χ1) is 8.65. The van der Waals surface area contributed by atoms with Crippen LogP contribution in [0, 0.1) is 6.92 Å². The average molecular weight is 249 g/mol. The van der Waals surface area contributed by atoms with Gasteiger partial charge in [0.2, 0.25) is 0 Å². The van der Waals surface area contributed by atoms with Gasteiger partial charge in [-0.05, 0) is 32.9 Å². The van der Waals surface area contributed by atoms with E-state index < -0.39 is 0 Å². The van der Waals surface area contributed by atoms with E-state index in [9.17, 15) is 4.79 Å². The second-order valence-corrected chi connectivity index (χ2v) is 3.76. The van der Waals surface area contributed by atoms with Crippen LogP contribution in [-0.2, 0) is 14.3 Å². The van der Waals surface area contributed by atoms with Gasteiger partial charge in [0.15, 0.2) is 5.90 Å². The van der Waals surface area contributed by atoms with Crippen LogP contribution in [0.1, 0.15) is 25.8 Å². The van der Waals surface area contributed by atoms with E-state index in [1.165, 1.54) is 0 Å². The van der Waals surface area contributed by atoms with E-state index in [1.54, 1.807) is 6.92 Å². The van der Waals surface area contributed by atoms with Crippen LogP contribution in [0.3, 0.4) is 0 Å². The number of rotatable bonds is 5. The summed E-state index contributed by atoms with van der Waals surface area (Å²) in [7, 11) is 0. The zero-order valence-corrected chi connectivity index (χ0v) is 11.1. The molecule has 0 aliphatic heterocycles. The van der Waals surface area contributed by atoms with Crippen molar-refractivity contribution in [3.8, 4) is 0 Å². The summed E-state index contributed by atoms with van der Waals surface area (Å²) in [6.07, 6.45) is 0.0650. The summed E-state index contributed by atoms with van der Waals surface area (Å²) in [6, 6.07) is 7.71. The SMILES string of the molecule is CCOC(=O)CC(=Nc1ccc(C)cc1)OCC.